The summed E-state index contributed by atoms with van der Waals surface area (Å²) in [5, 5.41) is 0. The molecule has 0 unspecified atom stereocenters. The maximum Gasteiger partial charge on any atom is 0.254 e. The SMILES string of the molecule is CCN1CCN(C(=O)c2ccc(-c3cnco3)cc2)[C@H]2CS(=O)(=O)C[C@H]21. The Balaban J connectivity index is 1.58. The van der Waals surface area contributed by atoms with Crippen molar-refractivity contribution in [1.82, 2.24) is 14.8 Å². The van der Waals surface area contributed by atoms with E-state index >= 15 is 0 Å². The van der Waals surface area contributed by atoms with Crippen LogP contribution in [0.5, 0.6) is 0 Å². The predicted octanol–water partition coefficient (Wildman–Crippen LogP) is 1.28. The number of hydrogen-bond donors (Lipinski definition) is 0. The van der Waals surface area contributed by atoms with Gasteiger partial charge in [-0.2, -0.15) is 0 Å². The summed E-state index contributed by atoms with van der Waals surface area (Å²) in [7, 11) is -3.11. The maximum atomic E-state index is 13.0. The van der Waals surface area contributed by atoms with Crippen LogP contribution in [0.2, 0.25) is 0 Å². The minimum Gasteiger partial charge on any atom is -0.444 e. The molecular formula is C18H21N3O4S. The van der Waals surface area contributed by atoms with Crippen molar-refractivity contribution in [3.05, 3.63) is 42.4 Å². The number of piperazine rings is 1. The Morgan fingerprint density at radius 1 is 1.19 bits per heavy atom. The van der Waals surface area contributed by atoms with E-state index in [9.17, 15) is 13.2 Å². The van der Waals surface area contributed by atoms with E-state index in [0.717, 1.165) is 12.1 Å². The van der Waals surface area contributed by atoms with Gasteiger partial charge in [-0.05, 0) is 18.7 Å². The van der Waals surface area contributed by atoms with Crippen LogP contribution in [0.3, 0.4) is 0 Å². The highest BCUT2D eigenvalue weighted by Crippen LogP contribution is 2.28. The molecule has 2 fully saturated rings. The Kier molecular flexibility index (Phi) is 4.32. The van der Waals surface area contributed by atoms with Crippen LogP contribution in [0.1, 0.15) is 17.3 Å². The first kappa shape index (κ1) is 17.2. The summed E-state index contributed by atoms with van der Waals surface area (Å²) in [5.41, 5.74) is 1.40. The molecule has 8 heteroatoms. The number of hydrogen-bond acceptors (Lipinski definition) is 6. The molecule has 26 heavy (non-hydrogen) atoms. The van der Waals surface area contributed by atoms with Crippen molar-refractivity contribution in [2.75, 3.05) is 31.1 Å². The Hall–Kier alpha value is -2.19. The van der Waals surface area contributed by atoms with Crippen molar-refractivity contribution < 1.29 is 17.6 Å². The molecule has 3 heterocycles. The minimum absolute atomic E-state index is 0.0516. The fraction of sp³-hybridized carbons (Fsp3) is 0.444. The Morgan fingerprint density at radius 2 is 1.92 bits per heavy atom. The van der Waals surface area contributed by atoms with Crippen LogP contribution in [0.4, 0.5) is 0 Å². The van der Waals surface area contributed by atoms with E-state index in [4.69, 9.17) is 4.42 Å². The summed E-state index contributed by atoms with van der Waals surface area (Å²) in [6, 6.07) is 6.78. The van der Waals surface area contributed by atoms with E-state index in [1.165, 1.54) is 6.39 Å². The Labute approximate surface area is 152 Å². The average molecular weight is 375 g/mol. The van der Waals surface area contributed by atoms with Crippen LogP contribution in [0.25, 0.3) is 11.3 Å². The van der Waals surface area contributed by atoms with Crippen LogP contribution in [-0.2, 0) is 9.84 Å². The van der Waals surface area contributed by atoms with Gasteiger partial charge < -0.3 is 9.32 Å². The lowest BCUT2D eigenvalue weighted by Gasteiger charge is -2.43. The molecule has 4 rings (SSSR count). The van der Waals surface area contributed by atoms with Crippen LogP contribution in [-0.4, -0.2) is 72.3 Å². The first-order valence-corrected chi connectivity index (χ1v) is 10.5. The van der Waals surface area contributed by atoms with Crippen molar-refractivity contribution in [1.29, 1.82) is 0 Å². The van der Waals surface area contributed by atoms with Gasteiger partial charge in [0.2, 0.25) is 0 Å². The van der Waals surface area contributed by atoms with Crippen molar-refractivity contribution in [3.8, 4) is 11.3 Å². The maximum absolute atomic E-state index is 13.0. The summed E-state index contributed by atoms with van der Waals surface area (Å²) in [4.78, 5) is 20.8. The first-order chi connectivity index (χ1) is 12.5. The van der Waals surface area contributed by atoms with E-state index in [-0.39, 0.29) is 29.5 Å². The molecule has 1 aromatic carbocycles. The summed E-state index contributed by atoms with van der Waals surface area (Å²) < 4.78 is 29.6. The van der Waals surface area contributed by atoms with Crippen LogP contribution in [0.15, 0.2) is 41.3 Å². The molecule has 2 aliphatic heterocycles. The first-order valence-electron chi connectivity index (χ1n) is 8.73. The van der Waals surface area contributed by atoms with Gasteiger partial charge in [0, 0.05) is 30.3 Å². The second-order valence-corrected chi connectivity index (χ2v) is 8.94. The highest BCUT2D eigenvalue weighted by molar-refractivity contribution is 7.91. The van der Waals surface area contributed by atoms with Gasteiger partial charge in [0.1, 0.15) is 0 Å². The number of aromatic nitrogens is 1. The topological polar surface area (TPSA) is 83.7 Å². The second kappa shape index (κ2) is 6.51. The molecule has 138 valence electrons. The number of fused-ring (bicyclic) bond motifs is 1. The summed E-state index contributed by atoms with van der Waals surface area (Å²) in [5.74, 6) is 0.718. The number of nitrogens with zero attached hydrogens (tertiary/aromatic N) is 3. The van der Waals surface area contributed by atoms with Gasteiger partial charge >= 0.3 is 0 Å². The number of sulfone groups is 1. The van der Waals surface area contributed by atoms with E-state index in [1.54, 1.807) is 23.2 Å². The zero-order valence-corrected chi connectivity index (χ0v) is 15.4. The number of rotatable bonds is 3. The van der Waals surface area contributed by atoms with Gasteiger partial charge in [-0.1, -0.05) is 19.1 Å². The molecule has 2 aliphatic rings. The van der Waals surface area contributed by atoms with Gasteiger partial charge in [0.15, 0.2) is 22.0 Å². The molecule has 0 spiro atoms. The van der Waals surface area contributed by atoms with Gasteiger partial charge in [-0.15, -0.1) is 0 Å². The summed E-state index contributed by atoms with van der Waals surface area (Å²) >= 11 is 0. The van der Waals surface area contributed by atoms with Crippen LogP contribution >= 0.6 is 0 Å². The van der Waals surface area contributed by atoms with E-state index in [0.29, 0.717) is 24.4 Å². The van der Waals surface area contributed by atoms with E-state index < -0.39 is 9.84 Å². The monoisotopic (exact) mass is 375 g/mol. The number of amides is 1. The van der Waals surface area contributed by atoms with Crippen molar-refractivity contribution in [3.63, 3.8) is 0 Å². The lowest BCUT2D eigenvalue weighted by atomic mass is 10.0. The zero-order chi connectivity index (χ0) is 18.3. The van der Waals surface area contributed by atoms with Crippen molar-refractivity contribution in [2.24, 2.45) is 0 Å². The van der Waals surface area contributed by atoms with Gasteiger partial charge in [-0.25, -0.2) is 13.4 Å². The van der Waals surface area contributed by atoms with Gasteiger partial charge in [0.25, 0.3) is 5.91 Å². The molecule has 0 aliphatic carbocycles. The predicted molar refractivity (Wildman–Crippen MR) is 96.5 cm³/mol. The molecule has 7 nitrogen and oxygen atoms in total. The molecule has 0 N–H and O–H groups in total. The number of carbonyl (C=O) groups is 1. The Bertz CT molecular complexity index is 893. The minimum atomic E-state index is -3.11. The fourth-order valence-corrected chi connectivity index (χ4v) is 5.98. The van der Waals surface area contributed by atoms with Crippen molar-refractivity contribution >= 4 is 15.7 Å². The third-order valence-electron chi connectivity index (χ3n) is 5.31. The average Bonchev–Trinajstić information content (AvgIpc) is 3.27. The lowest BCUT2D eigenvalue weighted by molar-refractivity contribution is 0.0349. The molecule has 1 amide bonds. The highest BCUT2D eigenvalue weighted by Gasteiger charge is 2.47. The molecule has 2 aromatic rings. The molecule has 0 radical (unpaired) electrons. The molecule has 2 atom stereocenters. The molecule has 0 saturated carbocycles. The number of likely N-dealkylation sites (N-methyl/N-ethyl adjacent to an activating group) is 1. The number of benzene rings is 1. The second-order valence-electron chi connectivity index (χ2n) is 6.78. The van der Waals surface area contributed by atoms with Crippen LogP contribution in [0, 0.1) is 0 Å². The lowest BCUT2D eigenvalue weighted by Crippen LogP contribution is -2.60. The third-order valence-corrected chi connectivity index (χ3v) is 7.01. The smallest absolute Gasteiger partial charge is 0.254 e. The number of carbonyl (C=O) groups excluding carboxylic acids is 1. The normalized spacial score (nSPS) is 25.2. The fourth-order valence-electron chi connectivity index (χ4n) is 3.97. The Morgan fingerprint density at radius 3 is 2.58 bits per heavy atom. The quantitative estimate of drug-likeness (QED) is 0.804. The molecule has 0 bridgehead atoms. The zero-order valence-electron chi connectivity index (χ0n) is 14.5. The largest absolute Gasteiger partial charge is 0.444 e. The molecule has 2 saturated heterocycles. The molecule has 1 aromatic heterocycles. The third kappa shape index (κ3) is 3.03. The number of oxazole rings is 1. The summed E-state index contributed by atoms with van der Waals surface area (Å²) in [6.45, 7) is 4.08. The van der Waals surface area contributed by atoms with Gasteiger partial charge in [-0.3, -0.25) is 9.69 Å². The standard InChI is InChI=1S/C18H21N3O4S/c1-2-20-7-8-21(16-11-26(23,24)10-15(16)20)18(22)14-5-3-13(4-6-14)17-9-19-12-25-17/h3-6,9,12,15-16H,2,7-8,10-11H2,1H3/t15-,16+/m1/s1. The molecular weight excluding hydrogens is 354 g/mol. The van der Waals surface area contributed by atoms with Crippen molar-refractivity contribution in [2.45, 2.75) is 19.0 Å². The van der Waals surface area contributed by atoms with Crippen LogP contribution < -0.4 is 0 Å². The summed E-state index contributed by atoms with van der Waals surface area (Å²) in [6.07, 6.45) is 2.98. The highest BCUT2D eigenvalue weighted by atomic mass is 32.2. The van der Waals surface area contributed by atoms with Gasteiger partial charge in [0.05, 0.1) is 23.7 Å². The van der Waals surface area contributed by atoms with E-state index in [2.05, 4.69) is 9.88 Å². The van der Waals surface area contributed by atoms with E-state index in [1.807, 2.05) is 19.1 Å².